The van der Waals surface area contributed by atoms with Crippen molar-refractivity contribution in [2.24, 2.45) is 0 Å². The third-order valence-electron chi connectivity index (χ3n) is 2.58. The number of carbonyl (C=O) groups excluding carboxylic acids is 2. The highest BCUT2D eigenvalue weighted by Gasteiger charge is 2.12. The molecule has 0 bridgehead atoms. The number of amides is 2. The summed E-state index contributed by atoms with van der Waals surface area (Å²) in [5, 5.41) is 9.66. The van der Waals surface area contributed by atoms with Crippen LogP contribution in [0.4, 0.5) is 0 Å². The van der Waals surface area contributed by atoms with Crippen molar-refractivity contribution < 1.29 is 14.7 Å². The molecule has 0 saturated carbocycles. The number of carbonyl (C=O) groups is 2. The van der Waals surface area contributed by atoms with E-state index in [1.54, 1.807) is 25.1 Å². The second-order valence-electron chi connectivity index (χ2n) is 4.14. The Balaban J connectivity index is 2.00. The Morgan fingerprint density at radius 2 is 1.85 bits per heavy atom. The van der Waals surface area contributed by atoms with Crippen LogP contribution in [0.2, 0.25) is 0 Å². The molecule has 0 saturated heterocycles. The predicted octanol–water partition coefficient (Wildman–Crippen LogP) is 1.17. The zero-order valence-corrected chi connectivity index (χ0v) is 10.8. The van der Waals surface area contributed by atoms with Crippen molar-refractivity contribution in [3.63, 3.8) is 0 Å². The van der Waals surface area contributed by atoms with E-state index in [4.69, 9.17) is 0 Å². The number of hydrogen-bond donors (Lipinski definition) is 3. The van der Waals surface area contributed by atoms with Crippen LogP contribution in [0.3, 0.4) is 0 Å². The summed E-state index contributed by atoms with van der Waals surface area (Å²) in [4.78, 5) is 27.3. The molecule has 0 unspecified atom stereocenters. The maximum Gasteiger partial charge on any atom is 0.288 e. The predicted molar refractivity (Wildman–Crippen MR) is 72.0 cm³/mol. The summed E-state index contributed by atoms with van der Waals surface area (Å²) in [6.45, 7) is 1.80. The van der Waals surface area contributed by atoms with Crippen molar-refractivity contribution in [2.45, 2.75) is 6.92 Å². The Hall–Kier alpha value is -2.89. The van der Waals surface area contributed by atoms with Crippen molar-refractivity contribution in [1.82, 2.24) is 15.8 Å². The van der Waals surface area contributed by atoms with Crippen LogP contribution in [0, 0.1) is 6.92 Å². The van der Waals surface area contributed by atoms with Crippen molar-refractivity contribution in [2.75, 3.05) is 0 Å². The van der Waals surface area contributed by atoms with E-state index in [2.05, 4.69) is 15.8 Å². The first-order valence-electron chi connectivity index (χ1n) is 5.89. The Kier molecular flexibility index (Phi) is 3.95. The van der Waals surface area contributed by atoms with Gasteiger partial charge in [-0.2, -0.15) is 0 Å². The summed E-state index contributed by atoms with van der Waals surface area (Å²) < 4.78 is 0. The van der Waals surface area contributed by atoms with Crippen LogP contribution in [0.1, 0.15) is 26.4 Å². The molecule has 2 rings (SSSR count). The van der Waals surface area contributed by atoms with Crippen LogP contribution < -0.4 is 10.9 Å². The molecular weight excluding hydrogens is 258 g/mol. The molecule has 0 radical (unpaired) electrons. The van der Waals surface area contributed by atoms with Crippen molar-refractivity contribution in [1.29, 1.82) is 0 Å². The lowest BCUT2D eigenvalue weighted by atomic mass is 10.1. The van der Waals surface area contributed by atoms with Crippen LogP contribution in [0.25, 0.3) is 0 Å². The molecule has 1 aromatic carbocycles. The minimum Gasteiger partial charge on any atom is -0.507 e. The molecule has 2 amide bonds. The van der Waals surface area contributed by atoms with Gasteiger partial charge in [0.2, 0.25) is 0 Å². The molecule has 0 aliphatic carbocycles. The highest BCUT2D eigenvalue weighted by Crippen LogP contribution is 2.17. The number of rotatable bonds is 2. The van der Waals surface area contributed by atoms with E-state index >= 15 is 0 Å². The quantitative estimate of drug-likeness (QED) is 0.715. The van der Waals surface area contributed by atoms with E-state index in [0.29, 0.717) is 0 Å². The van der Waals surface area contributed by atoms with Crippen LogP contribution >= 0.6 is 0 Å². The number of aromatic nitrogens is 1. The van der Waals surface area contributed by atoms with Gasteiger partial charge in [-0.25, -0.2) is 0 Å². The van der Waals surface area contributed by atoms with Gasteiger partial charge in [-0.05, 0) is 36.8 Å². The first-order valence-corrected chi connectivity index (χ1v) is 5.89. The third-order valence-corrected chi connectivity index (χ3v) is 2.58. The van der Waals surface area contributed by atoms with Gasteiger partial charge in [0, 0.05) is 6.20 Å². The van der Waals surface area contributed by atoms with Gasteiger partial charge < -0.3 is 5.11 Å². The van der Waals surface area contributed by atoms with Gasteiger partial charge in [-0.15, -0.1) is 0 Å². The molecule has 102 valence electrons. The van der Waals surface area contributed by atoms with Gasteiger partial charge in [0.25, 0.3) is 11.8 Å². The zero-order valence-electron chi connectivity index (χ0n) is 10.8. The number of hydrazine groups is 1. The first-order chi connectivity index (χ1) is 9.58. The largest absolute Gasteiger partial charge is 0.507 e. The molecule has 6 nitrogen and oxygen atoms in total. The molecule has 2 aromatic rings. The number of aromatic hydroxyl groups is 1. The molecule has 3 N–H and O–H groups in total. The normalized spacial score (nSPS) is 9.85. The third kappa shape index (κ3) is 3.11. The summed E-state index contributed by atoms with van der Waals surface area (Å²) in [6, 6.07) is 9.50. The smallest absolute Gasteiger partial charge is 0.288 e. The molecule has 6 heteroatoms. The first kappa shape index (κ1) is 13.5. The zero-order chi connectivity index (χ0) is 14.5. The number of aryl methyl sites for hydroxylation is 1. The average molecular weight is 271 g/mol. The number of pyridine rings is 1. The fourth-order valence-corrected chi connectivity index (χ4v) is 1.58. The Morgan fingerprint density at radius 1 is 1.10 bits per heavy atom. The van der Waals surface area contributed by atoms with Gasteiger partial charge in [0.15, 0.2) is 0 Å². The molecule has 0 atom stereocenters. The van der Waals surface area contributed by atoms with E-state index in [1.807, 2.05) is 0 Å². The Morgan fingerprint density at radius 3 is 2.50 bits per heavy atom. The molecule has 20 heavy (non-hydrogen) atoms. The number of hydrogen-bond acceptors (Lipinski definition) is 4. The number of phenols is 1. The average Bonchev–Trinajstić information content (AvgIpc) is 2.45. The van der Waals surface area contributed by atoms with Crippen molar-refractivity contribution in [3.05, 3.63) is 59.4 Å². The van der Waals surface area contributed by atoms with Gasteiger partial charge in [0.05, 0.1) is 5.56 Å². The van der Waals surface area contributed by atoms with Crippen LogP contribution in [-0.2, 0) is 0 Å². The van der Waals surface area contributed by atoms with Crippen LogP contribution in [-0.4, -0.2) is 21.9 Å². The lowest BCUT2D eigenvalue weighted by molar-refractivity contribution is 0.0842. The second kappa shape index (κ2) is 5.83. The van der Waals surface area contributed by atoms with E-state index in [-0.39, 0.29) is 17.0 Å². The molecule has 0 aliphatic heterocycles. The van der Waals surface area contributed by atoms with Crippen molar-refractivity contribution in [3.8, 4) is 5.75 Å². The van der Waals surface area contributed by atoms with Gasteiger partial charge >= 0.3 is 0 Å². The van der Waals surface area contributed by atoms with E-state index < -0.39 is 11.8 Å². The molecule has 1 aromatic heterocycles. The summed E-state index contributed by atoms with van der Waals surface area (Å²) >= 11 is 0. The fourth-order valence-electron chi connectivity index (χ4n) is 1.58. The standard InChI is InChI=1S/C14H13N3O3/c1-9-5-6-10(12(18)8-9)13(19)16-17-14(20)11-4-2-3-7-15-11/h2-8,18H,1H3,(H,16,19)(H,17,20). The second-order valence-corrected chi connectivity index (χ2v) is 4.14. The molecule has 1 heterocycles. The monoisotopic (exact) mass is 271 g/mol. The molecule has 0 aliphatic rings. The molecular formula is C14H13N3O3. The fraction of sp³-hybridized carbons (Fsp3) is 0.0714. The van der Waals surface area contributed by atoms with E-state index in [0.717, 1.165) is 5.56 Å². The number of nitrogens with one attached hydrogen (secondary N) is 2. The minimum atomic E-state index is -0.605. The van der Waals surface area contributed by atoms with Gasteiger partial charge in [-0.1, -0.05) is 12.1 Å². The summed E-state index contributed by atoms with van der Waals surface area (Å²) in [6.07, 6.45) is 1.47. The van der Waals surface area contributed by atoms with E-state index in [1.165, 1.54) is 24.4 Å². The lowest BCUT2D eigenvalue weighted by Crippen LogP contribution is -2.41. The number of nitrogens with zero attached hydrogens (tertiary/aromatic N) is 1. The summed E-state index contributed by atoms with van der Waals surface area (Å²) in [7, 11) is 0. The lowest BCUT2D eigenvalue weighted by Gasteiger charge is -2.08. The number of benzene rings is 1. The Bertz CT molecular complexity index is 641. The molecule has 0 spiro atoms. The topological polar surface area (TPSA) is 91.3 Å². The minimum absolute atomic E-state index is 0.0805. The SMILES string of the molecule is Cc1ccc(C(=O)NNC(=O)c2ccccn2)c(O)c1. The van der Waals surface area contributed by atoms with Gasteiger partial charge in [-0.3, -0.25) is 25.4 Å². The van der Waals surface area contributed by atoms with E-state index in [9.17, 15) is 14.7 Å². The maximum absolute atomic E-state index is 11.8. The maximum atomic E-state index is 11.8. The van der Waals surface area contributed by atoms with Crippen LogP contribution in [0.5, 0.6) is 5.75 Å². The van der Waals surface area contributed by atoms with Crippen molar-refractivity contribution >= 4 is 11.8 Å². The molecule has 0 fully saturated rings. The highest BCUT2D eigenvalue weighted by molar-refractivity contribution is 5.99. The summed E-state index contributed by atoms with van der Waals surface area (Å²) in [5.41, 5.74) is 5.54. The Labute approximate surface area is 115 Å². The van der Waals surface area contributed by atoms with Crippen LogP contribution in [0.15, 0.2) is 42.6 Å². The highest BCUT2D eigenvalue weighted by atomic mass is 16.3. The summed E-state index contributed by atoms with van der Waals surface area (Å²) in [5.74, 6) is -1.29. The van der Waals surface area contributed by atoms with Gasteiger partial charge in [0.1, 0.15) is 11.4 Å². The number of phenolic OH excluding ortho intramolecular Hbond substituents is 1.